The van der Waals surface area contributed by atoms with Crippen LogP contribution in [0.15, 0.2) is 0 Å². The summed E-state index contributed by atoms with van der Waals surface area (Å²) in [5, 5.41) is 3.58. The summed E-state index contributed by atoms with van der Waals surface area (Å²) in [6.07, 6.45) is 4.09. The molecule has 1 fully saturated rings. The van der Waals surface area contributed by atoms with Crippen molar-refractivity contribution < 1.29 is 0 Å². The maximum atomic E-state index is 3.58. The average molecular weight is 241 g/mol. The molecule has 1 heterocycles. The van der Waals surface area contributed by atoms with Gasteiger partial charge in [-0.1, -0.05) is 13.8 Å². The van der Waals surface area contributed by atoms with E-state index in [2.05, 4.69) is 43.1 Å². The molecule has 1 saturated heterocycles. The molecule has 17 heavy (non-hydrogen) atoms. The Morgan fingerprint density at radius 3 is 2.76 bits per heavy atom. The average Bonchev–Trinajstić information content (AvgIpc) is 2.26. The molecule has 1 unspecified atom stereocenters. The van der Waals surface area contributed by atoms with Crippen LogP contribution in [0.25, 0.3) is 0 Å². The highest BCUT2D eigenvalue weighted by molar-refractivity contribution is 4.75. The fraction of sp³-hybridized carbons (Fsp3) is 1.00. The Morgan fingerprint density at radius 1 is 1.35 bits per heavy atom. The quantitative estimate of drug-likeness (QED) is 0.731. The molecule has 3 nitrogen and oxygen atoms in total. The van der Waals surface area contributed by atoms with Crippen LogP contribution in [0.4, 0.5) is 0 Å². The number of hydrogen-bond donors (Lipinski definition) is 1. The Bertz CT molecular complexity index is 192. The number of likely N-dealkylation sites (tertiary alicyclic amines) is 1. The molecule has 0 radical (unpaired) electrons. The molecule has 0 spiro atoms. The van der Waals surface area contributed by atoms with Crippen LogP contribution in [0.5, 0.6) is 0 Å². The molecule has 1 N–H and O–H groups in total. The molecule has 0 amide bonds. The van der Waals surface area contributed by atoms with E-state index in [1.807, 2.05) is 0 Å². The minimum atomic E-state index is 0.624. The molecular weight excluding hydrogens is 210 g/mol. The van der Waals surface area contributed by atoms with Gasteiger partial charge in [-0.3, -0.25) is 0 Å². The van der Waals surface area contributed by atoms with E-state index >= 15 is 0 Å². The third-order valence-corrected chi connectivity index (χ3v) is 3.50. The van der Waals surface area contributed by atoms with Crippen LogP contribution in [0.2, 0.25) is 0 Å². The van der Waals surface area contributed by atoms with E-state index in [-0.39, 0.29) is 0 Å². The highest BCUT2D eigenvalue weighted by atomic mass is 15.1. The number of piperidine rings is 1. The second kappa shape index (κ2) is 8.06. The highest BCUT2D eigenvalue weighted by Crippen LogP contribution is 2.16. The number of nitrogens with one attached hydrogen (secondary N) is 1. The first-order chi connectivity index (χ1) is 8.08. The number of hydrogen-bond acceptors (Lipinski definition) is 3. The summed E-state index contributed by atoms with van der Waals surface area (Å²) >= 11 is 0. The third kappa shape index (κ3) is 7.02. The molecule has 0 saturated carbocycles. The van der Waals surface area contributed by atoms with Gasteiger partial charge in [0, 0.05) is 12.6 Å². The molecular formula is C14H31N3. The number of rotatable bonds is 7. The van der Waals surface area contributed by atoms with Crippen molar-refractivity contribution in [3.63, 3.8) is 0 Å². The van der Waals surface area contributed by atoms with Crippen LogP contribution in [0, 0.1) is 5.92 Å². The first-order valence-corrected chi connectivity index (χ1v) is 7.18. The summed E-state index contributed by atoms with van der Waals surface area (Å²) < 4.78 is 0. The van der Waals surface area contributed by atoms with Crippen molar-refractivity contribution in [2.24, 2.45) is 5.92 Å². The standard InChI is InChI=1S/C14H31N3/c1-13(2)15-11-14-7-5-9-17(12-14)10-6-8-16(3)4/h13-15H,5-12H2,1-4H3. The van der Waals surface area contributed by atoms with E-state index < -0.39 is 0 Å². The summed E-state index contributed by atoms with van der Waals surface area (Å²) in [5.41, 5.74) is 0. The van der Waals surface area contributed by atoms with Crippen LogP contribution >= 0.6 is 0 Å². The predicted octanol–water partition coefficient (Wildman–Crippen LogP) is 1.65. The van der Waals surface area contributed by atoms with Crippen molar-refractivity contribution >= 4 is 0 Å². The van der Waals surface area contributed by atoms with E-state index in [4.69, 9.17) is 0 Å². The van der Waals surface area contributed by atoms with Gasteiger partial charge in [0.15, 0.2) is 0 Å². The minimum Gasteiger partial charge on any atom is -0.314 e. The van der Waals surface area contributed by atoms with Gasteiger partial charge in [0.1, 0.15) is 0 Å². The second-order valence-corrected chi connectivity index (χ2v) is 6.03. The van der Waals surface area contributed by atoms with Crippen molar-refractivity contribution in [1.29, 1.82) is 0 Å². The lowest BCUT2D eigenvalue weighted by molar-refractivity contribution is 0.165. The van der Waals surface area contributed by atoms with E-state index in [1.54, 1.807) is 0 Å². The van der Waals surface area contributed by atoms with Gasteiger partial charge in [-0.15, -0.1) is 0 Å². The fourth-order valence-electron chi connectivity index (χ4n) is 2.53. The maximum absolute atomic E-state index is 3.58. The molecule has 1 atom stereocenters. The molecule has 0 aromatic carbocycles. The lowest BCUT2D eigenvalue weighted by atomic mass is 9.97. The maximum Gasteiger partial charge on any atom is 0.00218 e. The Hall–Kier alpha value is -0.120. The first-order valence-electron chi connectivity index (χ1n) is 7.18. The van der Waals surface area contributed by atoms with Crippen LogP contribution in [-0.4, -0.2) is 62.7 Å². The SMILES string of the molecule is CC(C)NCC1CCCN(CCCN(C)C)C1. The van der Waals surface area contributed by atoms with Crippen molar-refractivity contribution in [2.45, 2.75) is 39.2 Å². The van der Waals surface area contributed by atoms with Gasteiger partial charge < -0.3 is 15.1 Å². The van der Waals surface area contributed by atoms with Crippen LogP contribution < -0.4 is 5.32 Å². The largest absolute Gasteiger partial charge is 0.314 e. The molecule has 0 bridgehead atoms. The normalized spacial score (nSPS) is 22.6. The van der Waals surface area contributed by atoms with Crippen molar-refractivity contribution in [3.8, 4) is 0 Å². The molecule has 1 aliphatic rings. The zero-order chi connectivity index (χ0) is 12.7. The lowest BCUT2D eigenvalue weighted by Crippen LogP contribution is -2.41. The Labute approximate surface area is 108 Å². The lowest BCUT2D eigenvalue weighted by Gasteiger charge is -2.33. The summed E-state index contributed by atoms with van der Waals surface area (Å²) in [6.45, 7) is 10.8. The summed E-state index contributed by atoms with van der Waals surface area (Å²) in [4.78, 5) is 4.93. The number of nitrogens with zero attached hydrogens (tertiary/aromatic N) is 2. The highest BCUT2D eigenvalue weighted by Gasteiger charge is 2.19. The third-order valence-electron chi connectivity index (χ3n) is 3.50. The van der Waals surface area contributed by atoms with E-state index in [1.165, 1.54) is 52.0 Å². The van der Waals surface area contributed by atoms with E-state index in [0.29, 0.717) is 6.04 Å². The minimum absolute atomic E-state index is 0.624. The second-order valence-electron chi connectivity index (χ2n) is 6.03. The molecule has 1 aliphatic heterocycles. The van der Waals surface area contributed by atoms with Crippen molar-refractivity contribution in [3.05, 3.63) is 0 Å². The molecule has 102 valence electrons. The Kier molecular flexibility index (Phi) is 7.09. The van der Waals surface area contributed by atoms with Gasteiger partial charge in [-0.25, -0.2) is 0 Å². The topological polar surface area (TPSA) is 18.5 Å². The molecule has 0 aromatic heterocycles. The zero-order valence-corrected chi connectivity index (χ0v) is 12.2. The zero-order valence-electron chi connectivity index (χ0n) is 12.2. The van der Waals surface area contributed by atoms with Gasteiger partial charge in [0.25, 0.3) is 0 Å². The predicted molar refractivity (Wildman–Crippen MR) is 75.5 cm³/mol. The summed E-state index contributed by atoms with van der Waals surface area (Å²) in [6, 6.07) is 0.624. The Morgan fingerprint density at radius 2 is 2.12 bits per heavy atom. The van der Waals surface area contributed by atoms with Gasteiger partial charge in [0.2, 0.25) is 0 Å². The molecule has 0 aliphatic carbocycles. The molecule has 0 aromatic rings. The van der Waals surface area contributed by atoms with Gasteiger partial charge >= 0.3 is 0 Å². The molecule has 3 heteroatoms. The first kappa shape index (κ1) is 14.9. The van der Waals surface area contributed by atoms with Gasteiger partial charge in [0.05, 0.1) is 0 Å². The van der Waals surface area contributed by atoms with Crippen LogP contribution in [0.3, 0.4) is 0 Å². The van der Waals surface area contributed by atoms with Crippen LogP contribution in [-0.2, 0) is 0 Å². The van der Waals surface area contributed by atoms with Crippen LogP contribution in [0.1, 0.15) is 33.1 Å². The van der Waals surface area contributed by atoms with E-state index in [9.17, 15) is 0 Å². The van der Waals surface area contributed by atoms with Crippen molar-refractivity contribution in [1.82, 2.24) is 15.1 Å². The summed E-state index contributed by atoms with van der Waals surface area (Å²) in [5.74, 6) is 0.866. The van der Waals surface area contributed by atoms with E-state index in [0.717, 1.165) is 5.92 Å². The smallest absolute Gasteiger partial charge is 0.00218 e. The molecule has 1 rings (SSSR count). The summed E-state index contributed by atoms with van der Waals surface area (Å²) in [7, 11) is 4.32. The van der Waals surface area contributed by atoms with Crippen molar-refractivity contribution in [2.75, 3.05) is 46.8 Å². The Balaban J connectivity index is 2.14. The van der Waals surface area contributed by atoms with Gasteiger partial charge in [-0.2, -0.15) is 0 Å². The monoisotopic (exact) mass is 241 g/mol. The van der Waals surface area contributed by atoms with Gasteiger partial charge in [-0.05, 0) is 65.5 Å². The fourth-order valence-corrected chi connectivity index (χ4v) is 2.53.